The summed E-state index contributed by atoms with van der Waals surface area (Å²) in [6.07, 6.45) is 1.23. The minimum atomic E-state index is -0.221. The number of hydrogen-bond acceptors (Lipinski definition) is 4. The molecule has 3 unspecified atom stereocenters. The molecule has 2 rings (SSSR count). The molecule has 2 fully saturated rings. The van der Waals surface area contributed by atoms with Gasteiger partial charge < -0.3 is 19.8 Å². The highest BCUT2D eigenvalue weighted by molar-refractivity contribution is 4.81. The van der Waals surface area contributed by atoms with Crippen molar-refractivity contribution in [3.05, 3.63) is 0 Å². The highest BCUT2D eigenvalue weighted by atomic mass is 16.5. The van der Waals surface area contributed by atoms with Crippen molar-refractivity contribution in [1.29, 1.82) is 0 Å². The Morgan fingerprint density at radius 2 is 2.14 bits per heavy atom. The highest BCUT2D eigenvalue weighted by Gasteiger charge is 2.28. The number of hydrogen-bond donors (Lipinski definition) is 2. The molecule has 4 heteroatoms. The van der Waals surface area contributed by atoms with Crippen molar-refractivity contribution in [2.75, 3.05) is 32.8 Å². The first-order chi connectivity index (χ1) is 6.75. The van der Waals surface area contributed by atoms with Crippen LogP contribution >= 0.6 is 0 Å². The van der Waals surface area contributed by atoms with Gasteiger partial charge in [-0.2, -0.15) is 0 Å². The van der Waals surface area contributed by atoms with Crippen molar-refractivity contribution in [2.24, 2.45) is 5.92 Å². The standard InChI is InChI=1S/C10H19NO3/c12-9-1-3-11(6-9)5-8-7-14-4-2-10(8)13/h8-10,12-13H,1-7H2. The Balaban J connectivity index is 1.78. The van der Waals surface area contributed by atoms with Crippen LogP contribution in [0.2, 0.25) is 0 Å². The van der Waals surface area contributed by atoms with E-state index in [1.54, 1.807) is 0 Å². The maximum atomic E-state index is 9.73. The van der Waals surface area contributed by atoms with Crippen molar-refractivity contribution in [2.45, 2.75) is 25.0 Å². The number of nitrogens with zero attached hydrogens (tertiary/aromatic N) is 1. The number of rotatable bonds is 2. The van der Waals surface area contributed by atoms with Crippen LogP contribution in [0.1, 0.15) is 12.8 Å². The fraction of sp³-hybridized carbons (Fsp3) is 1.00. The van der Waals surface area contributed by atoms with E-state index in [1.807, 2.05) is 0 Å². The first-order valence-electron chi connectivity index (χ1n) is 5.42. The van der Waals surface area contributed by atoms with E-state index in [0.29, 0.717) is 13.2 Å². The van der Waals surface area contributed by atoms with Crippen molar-refractivity contribution < 1.29 is 14.9 Å². The monoisotopic (exact) mass is 201 g/mol. The third kappa shape index (κ3) is 2.45. The van der Waals surface area contributed by atoms with Gasteiger partial charge in [-0.1, -0.05) is 0 Å². The molecule has 14 heavy (non-hydrogen) atoms. The van der Waals surface area contributed by atoms with Crippen LogP contribution in [-0.2, 0) is 4.74 Å². The van der Waals surface area contributed by atoms with Crippen LogP contribution < -0.4 is 0 Å². The molecule has 0 radical (unpaired) electrons. The third-order valence-corrected chi connectivity index (χ3v) is 3.17. The number of ether oxygens (including phenoxy) is 1. The van der Waals surface area contributed by atoms with E-state index in [9.17, 15) is 10.2 Å². The Morgan fingerprint density at radius 1 is 1.29 bits per heavy atom. The van der Waals surface area contributed by atoms with Crippen molar-refractivity contribution >= 4 is 0 Å². The van der Waals surface area contributed by atoms with Gasteiger partial charge in [-0.25, -0.2) is 0 Å². The van der Waals surface area contributed by atoms with Gasteiger partial charge in [0, 0.05) is 32.2 Å². The van der Waals surface area contributed by atoms with Crippen LogP contribution in [0, 0.1) is 5.92 Å². The van der Waals surface area contributed by atoms with Crippen LogP contribution in [0.3, 0.4) is 0 Å². The molecule has 0 saturated carbocycles. The average molecular weight is 201 g/mol. The van der Waals surface area contributed by atoms with E-state index in [2.05, 4.69) is 4.90 Å². The molecule has 0 aromatic carbocycles. The Hall–Kier alpha value is -0.160. The SMILES string of the molecule is OC1CCN(CC2COCCC2O)C1. The highest BCUT2D eigenvalue weighted by Crippen LogP contribution is 2.18. The van der Waals surface area contributed by atoms with Gasteiger partial charge in [0.15, 0.2) is 0 Å². The van der Waals surface area contributed by atoms with Crippen LogP contribution in [0.4, 0.5) is 0 Å². The maximum Gasteiger partial charge on any atom is 0.0679 e. The minimum absolute atomic E-state index is 0.170. The fourth-order valence-electron chi connectivity index (χ4n) is 2.27. The predicted octanol–water partition coefficient (Wildman–Crippen LogP) is -0.550. The van der Waals surface area contributed by atoms with E-state index < -0.39 is 0 Å². The normalized spacial score (nSPS) is 40.3. The van der Waals surface area contributed by atoms with Gasteiger partial charge in [-0.3, -0.25) is 0 Å². The molecule has 4 nitrogen and oxygen atoms in total. The summed E-state index contributed by atoms with van der Waals surface area (Å²) >= 11 is 0. The smallest absolute Gasteiger partial charge is 0.0679 e. The predicted molar refractivity (Wildman–Crippen MR) is 52.0 cm³/mol. The van der Waals surface area contributed by atoms with Gasteiger partial charge in [-0.15, -0.1) is 0 Å². The van der Waals surface area contributed by atoms with E-state index in [4.69, 9.17) is 4.74 Å². The molecule has 2 saturated heterocycles. The summed E-state index contributed by atoms with van der Waals surface area (Å²) in [6, 6.07) is 0. The molecule has 0 amide bonds. The van der Waals surface area contributed by atoms with Crippen LogP contribution in [0.5, 0.6) is 0 Å². The lowest BCUT2D eigenvalue weighted by atomic mass is 9.98. The summed E-state index contributed by atoms with van der Waals surface area (Å²) in [5.41, 5.74) is 0. The van der Waals surface area contributed by atoms with Gasteiger partial charge in [0.2, 0.25) is 0 Å². The molecule has 0 aliphatic carbocycles. The quantitative estimate of drug-likeness (QED) is 0.629. The van der Waals surface area contributed by atoms with E-state index in [-0.39, 0.29) is 18.1 Å². The van der Waals surface area contributed by atoms with Crippen LogP contribution in [0.15, 0.2) is 0 Å². The third-order valence-electron chi connectivity index (χ3n) is 3.17. The zero-order valence-electron chi connectivity index (χ0n) is 8.43. The summed E-state index contributed by atoms with van der Waals surface area (Å²) < 4.78 is 5.34. The Kier molecular flexibility index (Phi) is 3.38. The van der Waals surface area contributed by atoms with Gasteiger partial charge in [0.05, 0.1) is 18.8 Å². The molecule has 0 aromatic heterocycles. The van der Waals surface area contributed by atoms with E-state index in [0.717, 1.165) is 32.5 Å². The lowest BCUT2D eigenvalue weighted by molar-refractivity contribution is -0.0454. The average Bonchev–Trinajstić information content (AvgIpc) is 2.56. The summed E-state index contributed by atoms with van der Waals surface area (Å²) in [5, 5.41) is 19.1. The zero-order chi connectivity index (χ0) is 9.97. The van der Waals surface area contributed by atoms with Gasteiger partial charge in [0.1, 0.15) is 0 Å². The van der Waals surface area contributed by atoms with Gasteiger partial charge in [0.25, 0.3) is 0 Å². The second-order valence-corrected chi connectivity index (χ2v) is 4.39. The Labute approximate surface area is 84.5 Å². The van der Waals surface area contributed by atoms with Crippen LogP contribution in [0.25, 0.3) is 0 Å². The maximum absolute atomic E-state index is 9.73. The van der Waals surface area contributed by atoms with Crippen molar-refractivity contribution in [1.82, 2.24) is 4.90 Å². The lowest BCUT2D eigenvalue weighted by Crippen LogP contribution is -2.40. The minimum Gasteiger partial charge on any atom is -0.393 e. The molecule has 0 spiro atoms. The Morgan fingerprint density at radius 3 is 2.79 bits per heavy atom. The molecule has 2 heterocycles. The summed E-state index contributed by atoms with van der Waals surface area (Å²) in [5.74, 6) is 0.231. The van der Waals surface area contributed by atoms with E-state index >= 15 is 0 Å². The fourth-order valence-corrected chi connectivity index (χ4v) is 2.27. The number of β-amino-alcohol motifs (C(OH)–C–C–N with tert-alkyl or cyclic N) is 1. The number of aliphatic hydroxyl groups excluding tert-OH is 2. The summed E-state index contributed by atoms with van der Waals surface area (Å²) in [4.78, 5) is 2.22. The van der Waals surface area contributed by atoms with Crippen LogP contribution in [-0.4, -0.2) is 60.2 Å². The van der Waals surface area contributed by atoms with E-state index in [1.165, 1.54) is 0 Å². The first-order valence-corrected chi connectivity index (χ1v) is 5.42. The molecule has 0 bridgehead atoms. The second kappa shape index (κ2) is 4.57. The van der Waals surface area contributed by atoms with Gasteiger partial charge >= 0.3 is 0 Å². The molecular formula is C10H19NO3. The molecule has 3 atom stereocenters. The second-order valence-electron chi connectivity index (χ2n) is 4.39. The molecule has 0 aromatic rings. The van der Waals surface area contributed by atoms with Crippen molar-refractivity contribution in [3.8, 4) is 0 Å². The molecule has 2 N–H and O–H groups in total. The zero-order valence-corrected chi connectivity index (χ0v) is 8.43. The molecular weight excluding hydrogens is 182 g/mol. The summed E-state index contributed by atoms with van der Waals surface area (Å²) in [6.45, 7) is 3.90. The summed E-state index contributed by atoms with van der Waals surface area (Å²) in [7, 11) is 0. The topological polar surface area (TPSA) is 52.9 Å². The largest absolute Gasteiger partial charge is 0.393 e. The van der Waals surface area contributed by atoms with Crippen molar-refractivity contribution in [3.63, 3.8) is 0 Å². The lowest BCUT2D eigenvalue weighted by Gasteiger charge is -2.30. The molecule has 2 aliphatic rings. The molecule has 2 aliphatic heterocycles. The number of aliphatic hydroxyl groups is 2. The molecule has 82 valence electrons. The Bertz CT molecular complexity index is 188. The number of likely N-dealkylation sites (tertiary alicyclic amines) is 1. The first kappa shape index (κ1) is 10.4. The van der Waals surface area contributed by atoms with Gasteiger partial charge in [-0.05, 0) is 12.8 Å².